The van der Waals surface area contributed by atoms with Crippen LogP contribution >= 0.6 is 39.9 Å². The number of aryl methyl sites for hydroxylation is 1. The van der Waals surface area contributed by atoms with Crippen LogP contribution in [0.25, 0.3) is 6.08 Å². The molecule has 0 atom stereocenters. The Kier molecular flexibility index (Phi) is 4.01. The highest BCUT2D eigenvalue weighted by atomic mass is 79.9. The molecule has 1 aromatic carbocycles. The Morgan fingerprint density at radius 3 is 2.81 bits per heavy atom. The highest BCUT2D eigenvalue weighted by Gasteiger charge is 2.33. The zero-order chi connectivity index (χ0) is 15.0. The molecule has 1 aliphatic heterocycles. The Bertz CT molecular complexity index is 767. The molecule has 1 aromatic heterocycles. The number of halogens is 1. The third kappa shape index (κ3) is 2.97. The summed E-state index contributed by atoms with van der Waals surface area (Å²) in [6.45, 7) is 1.98. The average Bonchev–Trinajstić information content (AvgIpc) is 2.94. The van der Waals surface area contributed by atoms with E-state index in [-0.39, 0.29) is 5.91 Å². The largest absolute Gasteiger partial charge is 0.450 e. The summed E-state index contributed by atoms with van der Waals surface area (Å²) in [7, 11) is 0. The molecule has 3 nitrogen and oxygen atoms in total. The Labute approximate surface area is 140 Å². The molecule has 21 heavy (non-hydrogen) atoms. The second-order valence-electron chi connectivity index (χ2n) is 4.50. The standard InChI is InChI=1S/C15H10BrNO2S2/c1-9-3-2-4-10(7-9)17-14(18)12(21-15(17)20)8-11-5-6-13(16)19-11/h2-8H,1H3/b12-8-. The van der Waals surface area contributed by atoms with Crippen LogP contribution in [-0.4, -0.2) is 10.2 Å². The minimum atomic E-state index is -0.122. The van der Waals surface area contributed by atoms with E-state index in [1.165, 1.54) is 11.8 Å². The molecule has 0 spiro atoms. The van der Waals surface area contributed by atoms with Crippen LogP contribution in [0.15, 0.2) is 50.4 Å². The Morgan fingerprint density at radius 2 is 2.14 bits per heavy atom. The molecule has 1 saturated heterocycles. The van der Waals surface area contributed by atoms with Gasteiger partial charge in [0.1, 0.15) is 5.76 Å². The number of furan rings is 1. The molecule has 0 N–H and O–H groups in total. The molecule has 0 aliphatic carbocycles. The summed E-state index contributed by atoms with van der Waals surface area (Å²) in [4.78, 5) is 14.6. The molecular formula is C15H10BrNO2S2. The van der Waals surface area contributed by atoms with Crippen molar-refractivity contribution in [3.63, 3.8) is 0 Å². The van der Waals surface area contributed by atoms with Crippen LogP contribution in [0, 0.1) is 6.92 Å². The predicted molar refractivity (Wildman–Crippen MR) is 93.2 cm³/mol. The van der Waals surface area contributed by atoms with Gasteiger partial charge in [-0.25, -0.2) is 0 Å². The fourth-order valence-electron chi connectivity index (χ4n) is 1.99. The van der Waals surface area contributed by atoms with Crippen LogP contribution in [0.2, 0.25) is 0 Å². The first kappa shape index (κ1) is 14.6. The zero-order valence-corrected chi connectivity index (χ0v) is 14.2. The van der Waals surface area contributed by atoms with Gasteiger partial charge in [0, 0.05) is 6.08 Å². The number of hydrogen-bond donors (Lipinski definition) is 0. The highest BCUT2D eigenvalue weighted by Crippen LogP contribution is 2.36. The molecule has 0 unspecified atom stereocenters. The third-order valence-electron chi connectivity index (χ3n) is 2.92. The summed E-state index contributed by atoms with van der Waals surface area (Å²) in [5, 5.41) is 0. The molecular weight excluding hydrogens is 370 g/mol. The number of carbonyl (C=O) groups excluding carboxylic acids is 1. The molecule has 3 rings (SSSR count). The van der Waals surface area contributed by atoms with Gasteiger partial charge in [0.05, 0.1) is 10.6 Å². The number of carbonyl (C=O) groups is 1. The normalized spacial score (nSPS) is 17.0. The minimum absolute atomic E-state index is 0.122. The lowest BCUT2D eigenvalue weighted by Gasteiger charge is -2.14. The average molecular weight is 380 g/mol. The van der Waals surface area contributed by atoms with Gasteiger partial charge in [-0.05, 0) is 52.7 Å². The number of hydrogen-bond acceptors (Lipinski definition) is 4. The number of amides is 1. The number of thiocarbonyl (C=S) groups is 1. The topological polar surface area (TPSA) is 33.5 Å². The molecule has 106 valence electrons. The SMILES string of the molecule is Cc1cccc(N2C(=O)/C(=C/c3ccc(Br)o3)SC2=S)c1. The Balaban J connectivity index is 1.94. The summed E-state index contributed by atoms with van der Waals surface area (Å²) >= 11 is 9.85. The second kappa shape index (κ2) is 5.79. The van der Waals surface area contributed by atoms with E-state index in [9.17, 15) is 4.79 Å². The Hall–Kier alpha value is -1.37. The van der Waals surface area contributed by atoms with Crippen molar-refractivity contribution in [2.45, 2.75) is 6.92 Å². The van der Waals surface area contributed by atoms with Gasteiger partial charge in [-0.2, -0.15) is 0 Å². The smallest absolute Gasteiger partial charge is 0.270 e. The fourth-order valence-corrected chi connectivity index (χ4v) is 3.59. The molecule has 0 radical (unpaired) electrons. The van der Waals surface area contributed by atoms with E-state index in [1.807, 2.05) is 31.2 Å². The monoisotopic (exact) mass is 379 g/mol. The van der Waals surface area contributed by atoms with Crippen LogP contribution in [0.4, 0.5) is 5.69 Å². The second-order valence-corrected chi connectivity index (χ2v) is 6.96. The third-order valence-corrected chi connectivity index (χ3v) is 4.65. The van der Waals surface area contributed by atoms with Gasteiger partial charge in [-0.1, -0.05) is 36.1 Å². The van der Waals surface area contributed by atoms with Crippen LogP contribution in [0.3, 0.4) is 0 Å². The zero-order valence-electron chi connectivity index (χ0n) is 11.0. The van der Waals surface area contributed by atoms with Crippen molar-refractivity contribution in [1.29, 1.82) is 0 Å². The number of anilines is 1. The van der Waals surface area contributed by atoms with Gasteiger partial charge in [0.25, 0.3) is 5.91 Å². The molecule has 1 aliphatic rings. The summed E-state index contributed by atoms with van der Waals surface area (Å²) in [5.74, 6) is 0.495. The number of rotatable bonds is 2. The predicted octanol–water partition coefficient (Wildman–Crippen LogP) is 4.76. The van der Waals surface area contributed by atoms with Crippen molar-refractivity contribution in [2.24, 2.45) is 0 Å². The molecule has 1 fully saturated rings. The first-order valence-electron chi connectivity index (χ1n) is 6.14. The molecule has 2 heterocycles. The summed E-state index contributed by atoms with van der Waals surface area (Å²) in [6, 6.07) is 11.3. The quantitative estimate of drug-likeness (QED) is 0.556. The van der Waals surface area contributed by atoms with Gasteiger partial charge < -0.3 is 4.42 Å². The van der Waals surface area contributed by atoms with Crippen molar-refractivity contribution >= 4 is 61.9 Å². The van der Waals surface area contributed by atoms with Crippen molar-refractivity contribution in [3.05, 3.63) is 57.3 Å². The van der Waals surface area contributed by atoms with Gasteiger partial charge >= 0.3 is 0 Å². The van der Waals surface area contributed by atoms with E-state index in [4.69, 9.17) is 16.6 Å². The molecule has 0 bridgehead atoms. The lowest BCUT2D eigenvalue weighted by atomic mass is 10.2. The van der Waals surface area contributed by atoms with E-state index in [0.717, 1.165) is 11.3 Å². The number of thioether (sulfide) groups is 1. The first-order chi connectivity index (χ1) is 10.0. The highest BCUT2D eigenvalue weighted by molar-refractivity contribution is 9.10. The van der Waals surface area contributed by atoms with Crippen molar-refractivity contribution in [1.82, 2.24) is 0 Å². The first-order valence-corrected chi connectivity index (χ1v) is 8.16. The van der Waals surface area contributed by atoms with Crippen molar-refractivity contribution in [3.8, 4) is 0 Å². The van der Waals surface area contributed by atoms with Crippen molar-refractivity contribution in [2.75, 3.05) is 4.90 Å². The van der Waals surface area contributed by atoms with Gasteiger partial charge in [-0.3, -0.25) is 9.69 Å². The van der Waals surface area contributed by atoms with Gasteiger partial charge in [-0.15, -0.1) is 0 Å². The molecule has 0 saturated carbocycles. The van der Waals surface area contributed by atoms with Gasteiger partial charge in [0.15, 0.2) is 8.99 Å². The maximum absolute atomic E-state index is 12.5. The summed E-state index contributed by atoms with van der Waals surface area (Å²) in [6.07, 6.45) is 1.71. The van der Waals surface area contributed by atoms with Crippen LogP contribution < -0.4 is 4.90 Å². The lowest BCUT2D eigenvalue weighted by Crippen LogP contribution is -2.27. The lowest BCUT2D eigenvalue weighted by molar-refractivity contribution is -0.113. The van der Waals surface area contributed by atoms with E-state index >= 15 is 0 Å². The van der Waals surface area contributed by atoms with Crippen LogP contribution in [0.5, 0.6) is 0 Å². The van der Waals surface area contributed by atoms with Crippen LogP contribution in [-0.2, 0) is 4.79 Å². The van der Waals surface area contributed by atoms with E-state index < -0.39 is 0 Å². The molecule has 6 heteroatoms. The molecule has 2 aromatic rings. The molecule has 1 amide bonds. The minimum Gasteiger partial charge on any atom is -0.450 e. The Morgan fingerprint density at radius 1 is 1.33 bits per heavy atom. The van der Waals surface area contributed by atoms with Crippen molar-refractivity contribution < 1.29 is 9.21 Å². The van der Waals surface area contributed by atoms with Crippen LogP contribution in [0.1, 0.15) is 11.3 Å². The maximum atomic E-state index is 12.5. The van der Waals surface area contributed by atoms with Gasteiger partial charge in [0.2, 0.25) is 0 Å². The van der Waals surface area contributed by atoms with E-state index in [1.54, 1.807) is 23.1 Å². The fraction of sp³-hybridized carbons (Fsp3) is 0.0667. The summed E-state index contributed by atoms with van der Waals surface area (Å²) < 4.78 is 6.56. The number of nitrogens with zero attached hydrogens (tertiary/aromatic N) is 1. The number of benzene rings is 1. The summed E-state index contributed by atoms with van der Waals surface area (Å²) in [5.41, 5.74) is 1.88. The maximum Gasteiger partial charge on any atom is 0.270 e. The van der Waals surface area contributed by atoms with E-state index in [2.05, 4.69) is 15.9 Å². The van der Waals surface area contributed by atoms with E-state index in [0.29, 0.717) is 19.7 Å².